The van der Waals surface area contributed by atoms with Crippen molar-refractivity contribution in [3.8, 4) is 0 Å². The van der Waals surface area contributed by atoms with E-state index in [1.54, 1.807) is 5.56 Å². The molecular formula is C19H31N. The van der Waals surface area contributed by atoms with Crippen molar-refractivity contribution >= 4 is 0 Å². The lowest BCUT2D eigenvalue weighted by molar-refractivity contribution is 0.378. The summed E-state index contributed by atoms with van der Waals surface area (Å²) >= 11 is 0. The van der Waals surface area contributed by atoms with Gasteiger partial charge in [-0.1, -0.05) is 51.5 Å². The monoisotopic (exact) mass is 273 g/mol. The Morgan fingerprint density at radius 3 is 2.65 bits per heavy atom. The van der Waals surface area contributed by atoms with Gasteiger partial charge in [0.2, 0.25) is 0 Å². The molecule has 0 radical (unpaired) electrons. The first-order valence-electron chi connectivity index (χ1n) is 8.53. The predicted molar refractivity (Wildman–Crippen MR) is 88.3 cm³/mol. The SMILES string of the molecule is CCCNC(CCc1cccc(C2CCC2)c1)C(C)C. The van der Waals surface area contributed by atoms with Crippen molar-refractivity contribution in [3.63, 3.8) is 0 Å². The molecule has 1 saturated carbocycles. The van der Waals surface area contributed by atoms with Gasteiger partial charge in [-0.2, -0.15) is 0 Å². The minimum Gasteiger partial charge on any atom is -0.314 e. The number of hydrogen-bond acceptors (Lipinski definition) is 1. The van der Waals surface area contributed by atoms with Gasteiger partial charge in [0.05, 0.1) is 0 Å². The van der Waals surface area contributed by atoms with Crippen LogP contribution in [-0.2, 0) is 6.42 Å². The fourth-order valence-corrected chi connectivity index (χ4v) is 3.07. The molecule has 0 amide bonds. The van der Waals surface area contributed by atoms with Crippen LogP contribution in [0.4, 0.5) is 0 Å². The van der Waals surface area contributed by atoms with E-state index in [0.29, 0.717) is 6.04 Å². The average molecular weight is 273 g/mol. The molecule has 20 heavy (non-hydrogen) atoms. The molecule has 2 rings (SSSR count). The smallest absolute Gasteiger partial charge is 0.00932 e. The van der Waals surface area contributed by atoms with Crippen molar-refractivity contribution in [2.45, 2.75) is 71.3 Å². The van der Waals surface area contributed by atoms with Crippen molar-refractivity contribution in [1.29, 1.82) is 0 Å². The van der Waals surface area contributed by atoms with Crippen molar-refractivity contribution in [3.05, 3.63) is 35.4 Å². The fourth-order valence-electron chi connectivity index (χ4n) is 3.07. The number of aryl methyl sites for hydroxylation is 1. The number of rotatable bonds is 8. The van der Waals surface area contributed by atoms with Gasteiger partial charge in [0.15, 0.2) is 0 Å². The van der Waals surface area contributed by atoms with Gasteiger partial charge in [-0.3, -0.25) is 0 Å². The van der Waals surface area contributed by atoms with E-state index in [1.165, 1.54) is 44.1 Å². The maximum absolute atomic E-state index is 3.70. The summed E-state index contributed by atoms with van der Waals surface area (Å²) in [5.41, 5.74) is 3.11. The van der Waals surface area contributed by atoms with E-state index >= 15 is 0 Å². The Kier molecular flexibility index (Phi) is 6.09. The molecule has 0 saturated heterocycles. The Labute approximate surface area is 125 Å². The van der Waals surface area contributed by atoms with Crippen LogP contribution in [0.1, 0.15) is 69.9 Å². The van der Waals surface area contributed by atoms with Gasteiger partial charge in [-0.25, -0.2) is 0 Å². The predicted octanol–water partition coefficient (Wildman–Crippen LogP) is 4.91. The molecule has 0 aliphatic heterocycles. The maximum atomic E-state index is 3.70. The summed E-state index contributed by atoms with van der Waals surface area (Å²) in [4.78, 5) is 0. The van der Waals surface area contributed by atoms with Crippen LogP contribution in [-0.4, -0.2) is 12.6 Å². The molecule has 0 aromatic heterocycles. The van der Waals surface area contributed by atoms with Crippen molar-refractivity contribution < 1.29 is 0 Å². The molecule has 1 nitrogen and oxygen atoms in total. The molecule has 0 heterocycles. The zero-order valence-corrected chi connectivity index (χ0v) is 13.5. The van der Waals surface area contributed by atoms with Crippen LogP contribution in [0.2, 0.25) is 0 Å². The van der Waals surface area contributed by atoms with Crippen LogP contribution in [0.3, 0.4) is 0 Å². The molecule has 0 spiro atoms. The normalized spacial score (nSPS) is 17.2. The molecule has 1 N–H and O–H groups in total. The summed E-state index contributed by atoms with van der Waals surface area (Å²) in [7, 11) is 0. The van der Waals surface area contributed by atoms with Gasteiger partial charge in [0, 0.05) is 6.04 Å². The zero-order valence-electron chi connectivity index (χ0n) is 13.5. The van der Waals surface area contributed by atoms with E-state index in [0.717, 1.165) is 18.4 Å². The molecule has 1 aromatic carbocycles. The van der Waals surface area contributed by atoms with Crippen LogP contribution < -0.4 is 5.32 Å². The van der Waals surface area contributed by atoms with Gasteiger partial charge in [0.25, 0.3) is 0 Å². The fraction of sp³-hybridized carbons (Fsp3) is 0.684. The van der Waals surface area contributed by atoms with E-state index in [2.05, 4.69) is 50.4 Å². The molecule has 1 aliphatic carbocycles. The third kappa shape index (κ3) is 4.34. The lowest BCUT2D eigenvalue weighted by atomic mass is 9.79. The van der Waals surface area contributed by atoms with Crippen molar-refractivity contribution in [2.75, 3.05) is 6.54 Å². The highest BCUT2D eigenvalue weighted by Crippen LogP contribution is 2.36. The highest BCUT2D eigenvalue weighted by Gasteiger charge is 2.19. The Morgan fingerprint density at radius 1 is 1.25 bits per heavy atom. The molecule has 1 fully saturated rings. The minimum atomic E-state index is 0.655. The van der Waals surface area contributed by atoms with Crippen molar-refractivity contribution in [2.24, 2.45) is 5.92 Å². The highest BCUT2D eigenvalue weighted by molar-refractivity contribution is 5.27. The van der Waals surface area contributed by atoms with E-state index in [1.807, 2.05) is 0 Å². The number of benzene rings is 1. The molecule has 1 heteroatoms. The zero-order chi connectivity index (χ0) is 14.4. The van der Waals surface area contributed by atoms with Crippen molar-refractivity contribution in [1.82, 2.24) is 5.32 Å². The Balaban J connectivity index is 1.88. The lowest BCUT2D eigenvalue weighted by Crippen LogP contribution is -2.34. The number of nitrogens with one attached hydrogen (secondary N) is 1. The van der Waals surface area contributed by atoms with Crippen LogP contribution >= 0.6 is 0 Å². The third-order valence-corrected chi connectivity index (χ3v) is 4.73. The van der Waals surface area contributed by atoms with Gasteiger partial charge < -0.3 is 5.32 Å². The van der Waals surface area contributed by atoms with Gasteiger partial charge in [0.1, 0.15) is 0 Å². The van der Waals surface area contributed by atoms with Crippen LogP contribution in [0.5, 0.6) is 0 Å². The minimum absolute atomic E-state index is 0.655. The quantitative estimate of drug-likeness (QED) is 0.709. The summed E-state index contributed by atoms with van der Waals surface area (Å²) in [6.45, 7) is 8.05. The Bertz CT molecular complexity index is 393. The molecular weight excluding hydrogens is 242 g/mol. The van der Waals surface area contributed by atoms with Crippen LogP contribution in [0.15, 0.2) is 24.3 Å². The molecule has 1 aromatic rings. The van der Waals surface area contributed by atoms with Gasteiger partial charge in [-0.15, -0.1) is 0 Å². The molecule has 112 valence electrons. The second kappa shape index (κ2) is 7.83. The van der Waals surface area contributed by atoms with Crippen LogP contribution in [0.25, 0.3) is 0 Å². The largest absolute Gasteiger partial charge is 0.314 e. The van der Waals surface area contributed by atoms with E-state index in [-0.39, 0.29) is 0 Å². The summed E-state index contributed by atoms with van der Waals surface area (Å²) < 4.78 is 0. The molecule has 0 bridgehead atoms. The Hall–Kier alpha value is -0.820. The van der Waals surface area contributed by atoms with Crippen LogP contribution in [0, 0.1) is 5.92 Å². The van der Waals surface area contributed by atoms with Gasteiger partial charge in [-0.05, 0) is 61.6 Å². The van der Waals surface area contributed by atoms with Gasteiger partial charge >= 0.3 is 0 Å². The second-order valence-electron chi connectivity index (χ2n) is 6.72. The summed E-state index contributed by atoms with van der Waals surface area (Å²) in [5.74, 6) is 1.57. The summed E-state index contributed by atoms with van der Waals surface area (Å²) in [5, 5.41) is 3.70. The molecule has 1 atom stereocenters. The average Bonchev–Trinajstić information content (AvgIpc) is 2.37. The van der Waals surface area contributed by atoms with E-state index < -0.39 is 0 Å². The van der Waals surface area contributed by atoms with E-state index in [4.69, 9.17) is 0 Å². The summed E-state index contributed by atoms with van der Waals surface area (Å²) in [6, 6.07) is 10.00. The Morgan fingerprint density at radius 2 is 2.05 bits per heavy atom. The third-order valence-electron chi connectivity index (χ3n) is 4.73. The first kappa shape index (κ1) is 15.6. The topological polar surface area (TPSA) is 12.0 Å². The standard InChI is InChI=1S/C19H31N/c1-4-13-20-19(15(2)3)12-11-16-7-5-10-18(14-16)17-8-6-9-17/h5,7,10,14-15,17,19-20H,4,6,8-9,11-13H2,1-3H3. The molecule has 1 aliphatic rings. The van der Waals surface area contributed by atoms with E-state index in [9.17, 15) is 0 Å². The molecule has 1 unspecified atom stereocenters. The maximum Gasteiger partial charge on any atom is 0.00932 e. The first-order chi connectivity index (χ1) is 9.70. The first-order valence-corrected chi connectivity index (χ1v) is 8.53. The summed E-state index contributed by atoms with van der Waals surface area (Å²) in [6.07, 6.45) is 7.91. The number of hydrogen-bond donors (Lipinski definition) is 1. The second-order valence-corrected chi connectivity index (χ2v) is 6.72. The lowest BCUT2D eigenvalue weighted by Gasteiger charge is -2.26. The highest BCUT2D eigenvalue weighted by atomic mass is 14.9.